The molecule has 0 bridgehead atoms. The number of benzene rings is 1. The molecule has 168 valence electrons. The molecule has 1 atom stereocenters. The lowest BCUT2D eigenvalue weighted by atomic mass is 9.72. The van der Waals surface area contributed by atoms with Crippen molar-refractivity contribution in [2.75, 3.05) is 39.5 Å². The van der Waals surface area contributed by atoms with Crippen LogP contribution in [0.15, 0.2) is 55.0 Å². The topological polar surface area (TPSA) is 56.1 Å². The third-order valence-electron chi connectivity index (χ3n) is 6.73. The quantitative estimate of drug-likeness (QED) is 0.629. The first-order valence-corrected chi connectivity index (χ1v) is 11.3. The van der Waals surface area contributed by atoms with Crippen LogP contribution in [0.25, 0.3) is 5.65 Å². The first-order valence-electron chi connectivity index (χ1n) is 11.3. The predicted octanol–water partition coefficient (Wildman–Crippen LogP) is 3.24. The number of rotatable bonds is 4. The van der Waals surface area contributed by atoms with Gasteiger partial charge in [-0.1, -0.05) is 18.2 Å². The van der Waals surface area contributed by atoms with Crippen LogP contribution in [0.3, 0.4) is 0 Å². The molecule has 0 spiro atoms. The van der Waals surface area contributed by atoms with Crippen LogP contribution in [0.5, 0.6) is 0 Å². The van der Waals surface area contributed by atoms with Crippen molar-refractivity contribution in [2.45, 2.75) is 24.7 Å². The second-order valence-electron chi connectivity index (χ2n) is 8.83. The summed E-state index contributed by atoms with van der Waals surface area (Å²) < 4.78 is 27.5. The molecule has 4 heterocycles. The Balaban J connectivity index is 1.38. The van der Waals surface area contributed by atoms with Gasteiger partial charge in [0.25, 0.3) is 0 Å². The van der Waals surface area contributed by atoms with Gasteiger partial charge in [0.2, 0.25) is 5.91 Å². The second kappa shape index (κ2) is 9.00. The molecule has 1 amide bonds. The Hall–Kier alpha value is -2.77. The molecule has 2 aromatic heterocycles. The summed E-state index contributed by atoms with van der Waals surface area (Å²) in [5.41, 5.74) is 2.10. The van der Waals surface area contributed by atoms with Crippen molar-refractivity contribution in [2.24, 2.45) is 5.92 Å². The SMILES string of the molecule is O=C(N1CCOC[C@H](Cc2ccc3nccn3c2)C1)C1(c2cccc(F)c2)CCOCC1. The Labute approximate surface area is 187 Å². The maximum Gasteiger partial charge on any atom is 0.233 e. The monoisotopic (exact) mass is 437 g/mol. The number of fused-ring (bicyclic) bond motifs is 1. The number of imidazole rings is 1. The van der Waals surface area contributed by atoms with Crippen molar-refractivity contribution < 1.29 is 18.7 Å². The summed E-state index contributed by atoms with van der Waals surface area (Å²) in [5, 5.41) is 0. The van der Waals surface area contributed by atoms with Gasteiger partial charge in [-0.05, 0) is 48.6 Å². The summed E-state index contributed by atoms with van der Waals surface area (Å²) in [4.78, 5) is 20.2. The number of ether oxygens (including phenoxy) is 2. The Morgan fingerprint density at radius 2 is 2.03 bits per heavy atom. The minimum Gasteiger partial charge on any atom is -0.381 e. The lowest BCUT2D eigenvalue weighted by Crippen LogP contribution is -2.51. The smallest absolute Gasteiger partial charge is 0.233 e. The van der Waals surface area contributed by atoms with Gasteiger partial charge in [-0.25, -0.2) is 9.37 Å². The lowest BCUT2D eigenvalue weighted by Gasteiger charge is -2.40. The van der Waals surface area contributed by atoms with Gasteiger partial charge in [-0.3, -0.25) is 4.79 Å². The summed E-state index contributed by atoms with van der Waals surface area (Å²) in [7, 11) is 0. The van der Waals surface area contributed by atoms with Gasteiger partial charge < -0.3 is 18.8 Å². The molecular weight excluding hydrogens is 409 g/mol. The van der Waals surface area contributed by atoms with Crippen LogP contribution < -0.4 is 0 Å². The summed E-state index contributed by atoms with van der Waals surface area (Å²) in [5.74, 6) is -0.0630. The minimum absolute atomic E-state index is 0.0620. The second-order valence-corrected chi connectivity index (χ2v) is 8.83. The average Bonchev–Trinajstić information content (AvgIpc) is 3.16. The summed E-state index contributed by atoms with van der Waals surface area (Å²) in [6, 6.07) is 10.6. The molecule has 3 aromatic rings. The molecule has 0 aliphatic carbocycles. The van der Waals surface area contributed by atoms with Crippen LogP contribution in [0.4, 0.5) is 4.39 Å². The molecule has 0 N–H and O–H groups in total. The van der Waals surface area contributed by atoms with Gasteiger partial charge in [0, 0.05) is 50.8 Å². The summed E-state index contributed by atoms with van der Waals surface area (Å²) >= 11 is 0. The number of carbonyl (C=O) groups excluding carboxylic acids is 1. The van der Waals surface area contributed by atoms with Crippen molar-refractivity contribution in [1.29, 1.82) is 0 Å². The largest absolute Gasteiger partial charge is 0.381 e. The van der Waals surface area contributed by atoms with Crippen molar-refractivity contribution in [3.05, 3.63) is 71.9 Å². The summed E-state index contributed by atoms with van der Waals surface area (Å²) in [6.07, 6.45) is 7.75. The minimum atomic E-state index is -0.745. The van der Waals surface area contributed by atoms with Gasteiger partial charge in [0.15, 0.2) is 0 Å². The average molecular weight is 438 g/mol. The van der Waals surface area contributed by atoms with E-state index in [-0.39, 0.29) is 17.6 Å². The molecule has 1 aromatic carbocycles. The predicted molar refractivity (Wildman–Crippen MR) is 118 cm³/mol. The first-order chi connectivity index (χ1) is 15.6. The number of hydrogen-bond donors (Lipinski definition) is 0. The van der Waals surface area contributed by atoms with Gasteiger partial charge in [0.05, 0.1) is 18.6 Å². The number of carbonyl (C=O) groups is 1. The molecule has 32 heavy (non-hydrogen) atoms. The molecule has 7 heteroatoms. The van der Waals surface area contributed by atoms with E-state index in [1.807, 2.05) is 27.6 Å². The van der Waals surface area contributed by atoms with Crippen molar-refractivity contribution in [1.82, 2.24) is 14.3 Å². The number of pyridine rings is 1. The van der Waals surface area contributed by atoms with Gasteiger partial charge >= 0.3 is 0 Å². The number of nitrogens with zero attached hydrogens (tertiary/aromatic N) is 3. The Morgan fingerprint density at radius 1 is 1.16 bits per heavy atom. The van der Waals surface area contributed by atoms with E-state index in [0.717, 1.165) is 17.6 Å². The van der Waals surface area contributed by atoms with Crippen LogP contribution in [0, 0.1) is 11.7 Å². The van der Waals surface area contributed by atoms with E-state index in [9.17, 15) is 9.18 Å². The van der Waals surface area contributed by atoms with Crippen LogP contribution in [-0.2, 0) is 26.1 Å². The van der Waals surface area contributed by atoms with E-state index in [2.05, 4.69) is 17.2 Å². The van der Waals surface area contributed by atoms with Crippen LogP contribution in [-0.4, -0.2) is 59.7 Å². The molecule has 2 aliphatic heterocycles. The zero-order chi connectivity index (χ0) is 22.0. The van der Waals surface area contributed by atoms with E-state index in [1.165, 1.54) is 17.7 Å². The maximum absolute atomic E-state index is 14.1. The third kappa shape index (κ3) is 4.14. The zero-order valence-corrected chi connectivity index (χ0v) is 18.1. The highest BCUT2D eigenvalue weighted by Gasteiger charge is 2.44. The summed E-state index contributed by atoms with van der Waals surface area (Å²) in [6.45, 7) is 3.30. The van der Waals surface area contributed by atoms with E-state index in [0.29, 0.717) is 52.4 Å². The lowest BCUT2D eigenvalue weighted by molar-refractivity contribution is -0.141. The van der Waals surface area contributed by atoms with E-state index in [4.69, 9.17) is 9.47 Å². The molecule has 0 unspecified atom stereocenters. The van der Waals surface area contributed by atoms with E-state index >= 15 is 0 Å². The zero-order valence-electron chi connectivity index (χ0n) is 18.1. The molecule has 5 rings (SSSR count). The number of amides is 1. The van der Waals surface area contributed by atoms with Gasteiger partial charge in [0.1, 0.15) is 11.5 Å². The van der Waals surface area contributed by atoms with E-state index < -0.39 is 5.41 Å². The van der Waals surface area contributed by atoms with Crippen molar-refractivity contribution in [3.8, 4) is 0 Å². The van der Waals surface area contributed by atoms with Gasteiger partial charge in [-0.15, -0.1) is 0 Å². The highest BCUT2D eigenvalue weighted by molar-refractivity contribution is 5.88. The Kier molecular flexibility index (Phi) is 5.93. The maximum atomic E-state index is 14.1. The normalized spacial score (nSPS) is 21.4. The van der Waals surface area contributed by atoms with Crippen LogP contribution in [0.1, 0.15) is 24.0 Å². The molecule has 2 fully saturated rings. The van der Waals surface area contributed by atoms with Crippen LogP contribution >= 0.6 is 0 Å². The molecular formula is C25H28FN3O3. The standard InChI is InChI=1S/C25H28FN3O3/c26-22-3-1-2-21(15-22)25(6-11-31-12-7-25)24(30)29-10-13-32-18-20(17-29)14-19-4-5-23-27-8-9-28(23)16-19/h1-5,8-9,15-16,20H,6-7,10-14,17-18H2/t20-/m1/s1. The van der Waals surface area contributed by atoms with Crippen LogP contribution in [0.2, 0.25) is 0 Å². The molecule has 6 nitrogen and oxygen atoms in total. The fourth-order valence-corrected chi connectivity index (χ4v) is 5.04. The van der Waals surface area contributed by atoms with E-state index in [1.54, 1.807) is 12.3 Å². The molecule has 0 saturated carbocycles. The van der Waals surface area contributed by atoms with Crippen molar-refractivity contribution in [3.63, 3.8) is 0 Å². The Morgan fingerprint density at radius 3 is 2.88 bits per heavy atom. The number of hydrogen-bond acceptors (Lipinski definition) is 4. The highest BCUT2D eigenvalue weighted by Crippen LogP contribution is 2.37. The Bertz CT molecular complexity index is 1090. The third-order valence-corrected chi connectivity index (χ3v) is 6.73. The fraction of sp³-hybridized carbons (Fsp3) is 0.440. The highest BCUT2D eigenvalue weighted by atomic mass is 19.1. The van der Waals surface area contributed by atoms with Crippen molar-refractivity contribution >= 4 is 11.6 Å². The molecule has 2 saturated heterocycles. The number of halogens is 1. The number of aromatic nitrogens is 2. The fourth-order valence-electron chi connectivity index (χ4n) is 5.04. The first kappa shape index (κ1) is 21.1. The molecule has 2 aliphatic rings. The molecule has 0 radical (unpaired) electrons. The van der Waals surface area contributed by atoms with Gasteiger partial charge in [-0.2, -0.15) is 0 Å².